The van der Waals surface area contributed by atoms with Crippen molar-refractivity contribution < 1.29 is 0 Å². The summed E-state index contributed by atoms with van der Waals surface area (Å²) in [6, 6.07) is 12.0. The summed E-state index contributed by atoms with van der Waals surface area (Å²) in [6.07, 6.45) is 1.79. The second-order valence-corrected chi connectivity index (χ2v) is 5.37. The van der Waals surface area contributed by atoms with Gasteiger partial charge in [0.05, 0.1) is 9.85 Å². The second-order valence-electron chi connectivity index (χ2n) is 4.05. The molecule has 94 valence electrons. The lowest BCUT2D eigenvalue weighted by molar-refractivity contribution is 0.964. The Morgan fingerprint density at radius 3 is 2.72 bits per heavy atom. The highest BCUT2D eigenvalue weighted by molar-refractivity contribution is 9.10. The summed E-state index contributed by atoms with van der Waals surface area (Å²) in [5.74, 6) is 0.830. The monoisotopic (exact) mass is 324 g/mol. The Morgan fingerprint density at radius 1 is 1.28 bits per heavy atom. The number of halogens is 2. The quantitative estimate of drug-likeness (QED) is 0.835. The van der Waals surface area contributed by atoms with Gasteiger partial charge in [-0.2, -0.15) is 0 Å². The smallest absolute Gasteiger partial charge is 0.140 e. The average Bonchev–Trinajstić information content (AvgIpc) is 2.41. The predicted molar refractivity (Wildman–Crippen MR) is 80.2 cm³/mol. The maximum absolute atomic E-state index is 6.34. The summed E-state index contributed by atoms with van der Waals surface area (Å²) in [4.78, 5) is 4.29. The molecular formula is C14H14BrClN2. The van der Waals surface area contributed by atoms with Crippen LogP contribution in [0.2, 0.25) is 0 Å². The summed E-state index contributed by atoms with van der Waals surface area (Å²) >= 11 is 9.86. The maximum atomic E-state index is 6.34. The van der Waals surface area contributed by atoms with E-state index in [1.807, 2.05) is 43.3 Å². The fourth-order valence-corrected chi connectivity index (χ4v) is 2.23. The number of rotatable bonds is 4. The van der Waals surface area contributed by atoms with Gasteiger partial charge in [0.2, 0.25) is 0 Å². The molecule has 1 aromatic heterocycles. The van der Waals surface area contributed by atoms with Crippen molar-refractivity contribution in [2.24, 2.45) is 0 Å². The van der Waals surface area contributed by atoms with Crippen molar-refractivity contribution in [2.75, 3.05) is 11.9 Å². The minimum atomic E-state index is -0.0691. The highest BCUT2D eigenvalue weighted by Crippen LogP contribution is 2.25. The van der Waals surface area contributed by atoms with Gasteiger partial charge in [0.25, 0.3) is 0 Å². The first-order chi connectivity index (χ1) is 8.68. The van der Waals surface area contributed by atoms with E-state index in [0.29, 0.717) is 6.54 Å². The SMILES string of the molecule is Cc1ccnc(NCC(Cl)c2ccccc2)c1Br. The van der Waals surface area contributed by atoms with Gasteiger partial charge in [-0.3, -0.25) is 0 Å². The van der Waals surface area contributed by atoms with Crippen LogP contribution in [-0.4, -0.2) is 11.5 Å². The van der Waals surface area contributed by atoms with Crippen LogP contribution < -0.4 is 5.32 Å². The summed E-state index contributed by atoms with van der Waals surface area (Å²) in [5.41, 5.74) is 2.26. The van der Waals surface area contributed by atoms with E-state index in [1.54, 1.807) is 6.20 Å². The molecule has 18 heavy (non-hydrogen) atoms. The van der Waals surface area contributed by atoms with E-state index in [9.17, 15) is 0 Å². The van der Waals surface area contributed by atoms with Crippen molar-refractivity contribution in [3.8, 4) is 0 Å². The number of aryl methyl sites for hydroxylation is 1. The number of pyridine rings is 1. The molecule has 1 aromatic carbocycles. The molecule has 0 spiro atoms. The molecule has 2 nitrogen and oxygen atoms in total. The van der Waals surface area contributed by atoms with Gasteiger partial charge in [-0.25, -0.2) is 4.98 Å². The first-order valence-electron chi connectivity index (χ1n) is 5.72. The minimum Gasteiger partial charge on any atom is -0.367 e. The van der Waals surface area contributed by atoms with E-state index in [0.717, 1.165) is 21.4 Å². The van der Waals surface area contributed by atoms with Gasteiger partial charge in [-0.05, 0) is 40.0 Å². The maximum Gasteiger partial charge on any atom is 0.140 e. The van der Waals surface area contributed by atoms with E-state index in [1.165, 1.54) is 0 Å². The molecule has 0 aliphatic carbocycles. The predicted octanol–water partition coefficient (Wildman–Crippen LogP) is 4.54. The molecule has 0 radical (unpaired) electrons. The van der Waals surface area contributed by atoms with Gasteiger partial charge >= 0.3 is 0 Å². The van der Waals surface area contributed by atoms with E-state index >= 15 is 0 Å². The number of benzene rings is 1. The van der Waals surface area contributed by atoms with E-state index in [4.69, 9.17) is 11.6 Å². The van der Waals surface area contributed by atoms with Crippen molar-refractivity contribution >= 4 is 33.3 Å². The molecule has 0 fully saturated rings. The van der Waals surface area contributed by atoms with E-state index in [-0.39, 0.29) is 5.38 Å². The number of anilines is 1. The normalized spacial score (nSPS) is 12.2. The molecule has 4 heteroatoms. The molecular weight excluding hydrogens is 312 g/mol. The van der Waals surface area contributed by atoms with Gasteiger partial charge in [-0.15, -0.1) is 11.6 Å². The molecule has 0 saturated carbocycles. The van der Waals surface area contributed by atoms with Crippen LogP contribution in [0.4, 0.5) is 5.82 Å². The molecule has 0 saturated heterocycles. The van der Waals surface area contributed by atoms with Gasteiger partial charge in [-0.1, -0.05) is 30.3 Å². The highest BCUT2D eigenvalue weighted by Gasteiger charge is 2.09. The first-order valence-corrected chi connectivity index (χ1v) is 6.95. The van der Waals surface area contributed by atoms with Crippen LogP contribution in [0.25, 0.3) is 0 Å². The van der Waals surface area contributed by atoms with Crippen LogP contribution in [-0.2, 0) is 0 Å². The minimum absolute atomic E-state index is 0.0691. The van der Waals surface area contributed by atoms with Crippen molar-refractivity contribution in [1.82, 2.24) is 4.98 Å². The number of nitrogens with zero attached hydrogens (tertiary/aromatic N) is 1. The number of alkyl halides is 1. The molecule has 0 bridgehead atoms. The van der Waals surface area contributed by atoms with Crippen LogP contribution in [0.3, 0.4) is 0 Å². The lowest BCUT2D eigenvalue weighted by Gasteiger charge is -2.13. The Kier molecular flexibility index (Phi) is 4.61. The summed E-state index contributed by atoms with van der Waals surface area (Å²) in [5, 5.41) is 3.19. The van der Waals surface area contributed by atoms with Crippen molar-refractivity contribution in [2.45, 2.75) is 12.3 Å². The molecule has 1 atom stereocenters. The Balaban J connectivity index is 2.02. The molecule has 0 aliphatic heterocycles. The van der Waals surface area contributed by atoms with E-state index < -0.39 is 0 Å². The third kappa shape index (κ3) is 3.24. The number of hydrogen-bond acceptors (Lipinski definition) is 2. The van der Waals surface area contributed by atoms with Crippen LogP contribution in [0, 0.1) is 6.92 Å². The van der Waals surface area contributed by atoms with Crippen molar-refractivity contribution in [3.05, 3.63) is 58.2 Å². The first kappa shape index (κ1) is 13.4. The molecule has 2 rings (SSSR count). The molecule has 0 amide bonds. The topological polar surface area (TPSA) is 24.9 Å². The Hall–Kier alpha value is -1.06. The summed E-state index contributed by atoms with van der Waals surface area (Å²) < 4.78 is 0.988. The Labute approximate surface area is 121 Å². The number of hydrogen-bond donors (Lipinski definition) is 1. The van der Waals surface area contributed by atoms with Gasteiger partial charge in [0.15, 0.2) is 0 Å². The van der Waals surface area contributed by atoms with Crippen LogP contribution in [0.15, 0.2) is 47.1 Å². The standard InChI is InChI=1S/C14H14BrClN2/c1-10-7-8-17-14(13(10)15)18-9-12(16)11-5-3-2-4-6-11/h2-8,12H,9H2,1H3,(H,17,18). The lowest BCUT2D eigenvalue weighted by atomic mass is 10.1. The Morgan fingerprint density at radius 2 is 2.00 bits per heavy atom. The highest BCUT2D eigenvalue weighted by atomic mass is 79.9. The van der Waals surface area contributed by atoms with Crippen LogP contribution in [0.1, 0.15) is 16.5 Å². The third-order valence-corrected chi connectivity index (χ3v) is 4.10. The van der Waals surface area contributed by atoms with Crippen molar-refractivity contribution in [1.29, 1.82) is 0 Å². The molecule has 0 aliphatic rings. The van der Waals surface area contributed by atoms with Gasteiger partial charge in [0.1, 0.15) is 5.82 Å². The average molecular weight is 326 g/mol. The Bertz CT molecular complexity index is 516. The largest absolute Gasteiger partial charge is 0.367 e. The zero-order valence-corrected chi connectivity index (χ0v) is 12.4. The van der Waals surface area contributed by atoms with Gasteiger partial charge < -0.3 is 5.32 Å². The summed E-state index contributed by atoms with van der Waals surface area (Å²) in [6.45, 7) is 2.67. The molecule has 1 heterocycles. The molecule has 2 aromatic rings. The fraction of sp³-hybridized carbons (Fsp3) is 0.214. The van der Waals surface area contributed by atoms with Crippen LogP contribution in [0.5, 0.6) is 0 Å². The van der Waals surface area contributed by atoms with Gasteiger partial charge in [0, 0.05) is 12.7 Å². The molecule has 1 N–H and O–H groups in total. The van der Waals surface area contributed by atoms with Crippen LogP contribution >= 0.6 is 27.5 Å². The zero-order chi connectivity index (χ0) is 13.0. The lowest BCUT2D eigenvalue weighted by Crippen LogP contribution is -2.09. The van der Waals surface area contributed by atoms with E-state index in [2.05, 4.69) is 26.2 Å². The summed E-state index contributed by atoms with van der Waals surface area (Å²) in [7, 11) is 0. The van der Waals surface area contributed by atoms with Crippen molar-refractivity contribution in [3.63, 3.8) is 0 Å². The number of aromatic nitrogens is 1. The molecule has 1 unspecified atom stereocenters. The fourth-order valence-electron chi connectivity index (χ4n) is 1.63. The zero-order valence-electron chi connectivity index (χ0n) is 10.0. The second kappa shape index (κ2) is 6.21. The third-order valence-electron chi connectivity index (χ3n) is 2.69. The number of nitrogens with one attached hydrogen (secondary N) is 1.